The number of carbonyl (C=O) groups excluding carboxylic acids is 1. The van der Waals surface area contributed by atoms with E-state index in [0.29, 0.717) is 24.2 Å². The van der Waals surface area contributed by atoms with Gasteiger partial charge >= 0.3 is 15.6 Å². The number of allylic oxidation sites excluding steroid dienone is 4. The lowest BCUT2D eigenvalue weighted by molar-refractivity contribution is -0.133. The molecule has 2 fully saturated rings. The van der Waals surface area contributed by atoms with Crippen molar-refractivity contribution < 1.29 is 30.6 Å². The van der Waals surface area contributed by atoms with Crippen molar-refractivity contribution in [1.29, 1.82) is 0 Å². The fraction of sp³-hybridized carbons (Fsp3) is 0.800. The lowest BCUT2D eigenvalue weighted by atomic mass is 9.49. The van der Waals surface area contributed by atoms with Crippen LogP contribution in [0.3, 0.4) is 0 Å². The molecule has 192 valence electrons. The molecule has 1 amide bonds. The quantitative estimate of drug-likeness (QED) is 0.386. The van der Waals surface area contributed by atoms with Crippen molar-refractivity contribution in [3.05, 3.63) is 23.5 Å². The molecule has 0 aromatic rings. The van der Waals surface area contributed by atoms with Gasteiger partial charge in [0.05, 0.1) is 0 Å². The van der Waals surface area contributed by atoms with Crippen molar-refractivity contribution in [2.24, 2.45) is 34.5 Å². The van der Waals surface area contributed by atoms with Gasteiger partial charge in [-0.15, -0.1) is 0 Å². The molecule has 34 heavy (non-hydrogen) atoms. The fourth-order valence-corrected chi connectivity index (χ4v) is 7.95. The van der Waals surface area contributed by atoms with Crippen LogP contribution in [0.15, 0.2) is 23.5 Å². The zero-order valence-electron chi connectivity index (χ0n) is 20.6. The molecule has 4 aliphatic carbocycles. The summed E-state index contributed by atoms with van der Waals surface area (Å²) in [6, 6.07) is 0. The molecule has 5 nitrogen and oxygen atoms in total. The predicted molar refractivity (Wildman–Crippen MR) is 123 cm³/mol. The summed E-state index contributed by atoms with van der Waals surface area (Å²) in [6.45, 7) is 10.4. The molecule has 4 aliphatic rings. The van der Waals surface area contributed by atoms with E-state index in [-0.39, 0.29) is 40.4 Å². The van der Waals surface area contributed by atoms with Crippen LogP contribution in [-0.4, -0.2) is 25.4 Å². The van der Waals surface area contributed by atoms with E-state index in [2.05, 4.69) is 29.4 Å². The highest BCUT2D eigenvalue weighted by Gasteiger charge is 2.60. The third kappa shape index (κ3) is 4.20. The van der Waals surface area contributed by atoms with Gasteiger partial charge in [0.1, 0.15) is 5.76 Å². The number of carbonyl (C=O) groups is 1. The van der Waals surface area contributed by atoms with Gasteiger partial charge in [0.15, 0.2) is 0 Å². The third-order valence-electron chi connectivity index (χ3n) is 9.05. The molecule has 9 heteroatoms. The summed E-state index contributed by atoms with van der Waals surface area (Å²) in [5.41, 5.74) is -5.11. The van der Waals surface area contributed by atoms with Crippen LogP contribution in [0, 0.1) is 34.5 Å². The van der Waals surface area contributed by atoms with Crippen molar-refractivity contribution in [3.63, 3.8) is 0 Å². The van der Waals surface area contributed by atoms with Gasteiger partial charge in [0.2, 0.25) is 5.91 Å². The van der Waals surface area contributed by atoms with Crippen molar-refractivity contribution in [2.75, 3.05) is 0 Å². The molecule has 0 aliphatic heterocycles. The van der Waals surface area contributed by atoms with Gasteiger partial charge in [-0.1, -0.05) is 19.9 Å². The van der Waals surface area contributed by atoms with Crippen LogP contribution in [0.1, 0.15) is 79.6 Å². The minimum absolute atomic E-state index is 0.00492. The first-order valence-corrected chi connectivity index (χ1v) is 13.6. The maximum Gasteiger partial charge on any atom is 0.534 e. The van der Waals surface area contributed by atoms with E-state index in [1.165, 1.54) is 6.08 Å². The normalized spacial score (nSPS) is 38.1. The van der Waals surface area contributed by atoms with E-state index in [9.17, 15) is 26.4 Å². The number of fused-ring (bicyclic) bond motifs is 5. The molecule has 0 bridgehead atoms. The van der Waals surface area contributed by atoms with Crippen LogP contribution < -0.4 is 5.32 Å². The third-order valence-corrected chi connectivity index (χ3v) is 10.0. The van der Waals surface area contributed by atoms with Crippen molar-refractivity contribution in [3.8, 4) is 0 Å². The van der Waals surface area contributed by atoms with Gasteiger partial charge in [0, 0.05) is 17.9 Å². The largest absolute Gasteiger partial charge is 0.534 e. The summed E-state index contributed by atoms with van der Waals surface area (Å²) in [6.07, 6.45) is 8.87. The Morgan fingerprint density at radius 3 is 2.41 bits per heavy atom. The molecule has 0 saturated heterocycles. The van der Waals surface area contributed by atoms with Crippen LogP contribution in [0.4, 0.5) is 13.2 Å². The average Bonchev–Trinajstić information content (AvgIpc) is 3.03. The minimum atomic E-state index is -5.66. The Bertz CT molecular complexity index is 1030. The second-order valence-corrected chi connectivity index (χ2v) is 13.7. The second-order valence-electron chi connectivity index (χ2n) is 12.2. The monoisotopic (exact) mass is 505 g/mol. The molecule has 1 N–H and O–H groups in total. The van der Waals surface area contributed by atoms with Gasteiger partial charge in [0.25, 0.3) is 0 Å². The highest BCUT2D eigenvalue weighted by molar-refractivity contribution is 7.87. The molecule has 0 aromatic carbocycles. The number of halogens is 3. The molecule has 4 rings (SSSR count). The number of hydrogen-bond acceptors (Lipinski definition) is 4. The molecule has 0 aromatic heterocycles. The van der Waals surface area contributed by atoms with E-state index in [1.807, 2.05) is 20.8 Å². The van der Waals surface area contributed by atoms with Crippen molar-refractivity contribution in [2.45, 2.75) is 90.6 Å². The predicted octanol–water partition coefficient (Wildman–Crippen LogP) is 5.84. The highest BCUT2D eigenvalue weighted by atomic mass is 32.2. The molecule has 2 saturated carbocycles. The maximum absolute atomic E-state index is 13.1. The number of alkyl halides is 3. The zero-order chi connectivity index (χ0) is 25.3. The van der Waals surface area contributed by atoms with Gasteiger partial charge in [-0.2, -0.15) is 21.6 Å². The summed E-state index contributed by atoms with van der Waals surface area (Å²) < 4.78 is 65.7. The maximum atomic E-state index is 13.1. The summed E-state index contributed by atoms with van der Waals surface area (Å²) in [5.74, 6) is 1.18. The standard InChI is InChI=1S/C25H36F3NO4S/c1-22(2,3)29-21(30)20-9-8-18-17-7-6-15-14-16(33-34(31,32)25(26,27)28)10-12-23(15,4)19(17)11-13-24(18,20)5/h6,14,17-20H,7-13H2,1-5H3,(H,29,30)/t17-,18-,19-,20+,23-,24-/m0/s1/i14+2. The Morgan fingerprint density at radius 1 is 1.12 bits per heavy atom. The SMILES string of the molecule is CC(C)(C)NC(=O)[C@H]1CC[C@H]2[C@@H]3CC=C4[14CH]=C(OS(=O)(=O)C(F)(F)F)CC[C@]4(C)[C@H]3CC[C@]12C. The Hall–Kier alpha value is -1.51. The van der Waals surface area contributed by atoms with E-state index in [0.717, 1.165) is 37.7 Å². The fourth-order valence-electron chi connectivity index (χ4n) is 7.44. The number of nitrogens with one attached hydrogen (secondary N) is 1. The Kier molecular flexibility index (Phi) is 6.02. The first-order chi connectivity index (χ1) is 15.5. The topological polar surface area (TPSA) is 72.5 Å². The van der Waals surface area contributed by atoms with Crippen LogP contribution in [-0.2, 0) is 19.1 Å². The average molecular weight is 506 g/mol. The summed E-state index contributed by atoms with van der Waals surface area (Å²) in [4.78, 5) is 13.1. The second kappa shape index (κ2) is 8.00. The lowest BCUT2D eigenvalue weighted by Gasteiger charge is -2.56. The van der Waals surface area contributed by atoms with Crippen LogP contribution in [0.2, 0.25) is 0 Å². The van der Waals surface area contributed by atoms with Crippen LogP contribution in [0.25, 0.3) is 0 Å². The van der Waals surface area contributed by atoms with E-state index < -0.39 is 15.6 Å². The Labute approximate surface area is 200 Å². The highest BCUT2D eigenvalue weighted by Crippen LogP contribution is 2.66. The van der Waals surface area contributed by atoms with Crippen molar-refractivity contribution in [1.82, 2.24) is 5.32 Å². The summed E-state index contributed by atoms with van der Waals surface area (Å²) >= 11 is 0. The molecule has 0 spiro atoms. The number of hydrogen-bond donors (Lipinski definition) is 1. The van der Waals surface area contributed by atoms with E-state index >= 15 is 0 Å². The van der Waals surface area contributed by atoms with Gasteiger partial charge < -0.3 is 9.50 Å². The number of rotatable bonds is 3. The van der Waals surface area contributed by atoms with Crippen molar-refractivity contribution >= 4 is 16.0 Å². The van der Waals surface area contributed by atoms with Crippen LogP contribution in [0.5, 0.6) is 0 Å². The zero-order valence-corrected chi connectivity index (χ0v) is 21.4. The first-order valence-electron chi connectivity index (χ1n) is 12.2. The molecule has 0 radical (unpaired) electrons. The summed E-state index contributed by atoms with van der Waals surface area (Å²) in [5, 5.41) is 3.18. The first kappa shape index (κ1) is 25.6. The Balaban J connectivity index is 1.57. The summed E-state index contributed by atoms with van der Waals surface area (Å²) in [7, 11) is -5.66. The van der Waals surface area contributed by atoms with Gasteiger partial charge in [-0.05, 0) is 99.5 Å². The Morgan fingerprint density at radius 2 is 1.79 bits per heavy atom. The molecule has 0 heterocycles. The van der Waals surface area contributed by atoms with Gasteiger partial charge in [-0.3, -0.25) is 4.79 Å². The van der Waals surface area contributed by atoms with Gasteiger partial charge in [-0.25, -0.2) is 0 Å². The van der Waals surface area contributed by atoms with E-state index in [4.69, 9.17) is 0 Å². The minimum Gasteiger partial charge on any atom is -0.381 e. The smallest absolute Gasteiger partial charge is 0.381 e. The molecule has 0 unspecified atom stereocenters. The van der Waals surface area contributed by atoms with E-state index in [1.54, 1.807) is 0 Å². The van der Waals surface area contributed by atoms with Crippen LogP contribution >= 0.6 is 0 Å². The number of amides is 1. The molecular weight excluding hydrogens is 469 g/mol. The lowest BCUT2D eigenvalue weighted by Crippen LogP contribution is -2.52. The molecule has 6 atom stereocenters. The molecular formula is C25H36F3NO4S.